The molecule has 2 amide bonds. The molecular weight excluding hydrogens is 668 g/mol. The standard InChI is InChI=1S/C44H44N2O7/c1-7-51-40(27-52-38-22-23-39(29(2)24-38)53-28-41(47)48)42(32-18-14-30(15-19-32)34-10-8-12-36(25-34)43(49)45(3)4)33-20-16-31(17-21-33)35-11-9-13-37(26-35)44(50)46(5)6/h8-26H,7,27-28H2,1-6H3,(H,47,48). The average molecular weight is 713 g/mol. The van der Waals surface area contributed by atoms with Gasteiger partial charge in [-0.15, -0.1) is 0 Å². The number of ether oxygens (including phenoxy) is 3. The molecule has 5 aromatic carbocycles. The van der Waals surface area contributed by atoms with E-state index in [-0.39, 0.29) is 18.4 Å². The van der Waals surface area contributed by atoms with E-state index in [1.807, 2.05) is 111 Å². The number of aliphatic carboxylic acids is 1. The number of hydrogen-bond acceptors (Lipinski definition) is 6. The van der Waals surface area contributed by atoms with Gasteiger partial charge in [0.15, 0.2) is 6.61 Å². The zero-order valence-corrected chi connectivity index (χ0v) is 30.9. The summed E-state index contributed by atoms with van der Waals surface area (Å²) in [6.07, 6.45) is 0. The van der Waals surface area contributed by atoms with Crippen molar-refractivity contribution in [3.05, 3.63) is 149 Å². The van der Waals surface area contributed by atoms with Crippen LogP contribution in [0.2, 0.25) is 0 Å². The van der Waals surface area contributed by atoms with Gasteiger partial charge in [-0.25, -0.2) is 4.79 Å². The second-order valence-corrected chi connectivity index (χ2v) is 12.8. The number of carbonyl (C=O) groups excluding carboxylic acids is 2. The van der Waals surface area contributed by atoms with Crippen molar-refractivity contribution in [2.75, 3.05) is 48.0 Å². The molecule has 0 spiro atoms. The summed E-state index contributed by atoms with van der Waals surface area (Å²) in [4.78, 5) is 39.4. The SMILES string of the molecule is CCOC(COc1ccc(OCC(=O)O)c(C)c1)=C(c1ccc(-c2cccc(C(=O)N(C)C)c2)cc1)c1ccc(-c2cccc(C(=O)N(C)C)c2)cc1. The lowest BCUT2D eigenvalue weighted by molar-refractivity contribution is -0.139. The van der Waals surface area contributed by atoms with E-state index in [9.17, 15) is 14.4 Å². The van der Waals surface area contributed by atoms with Crippen LogP contribution in [0.25, 0.3) is 27.8 Å². The van der Waals surface area contributed by atoms with Gasteiger partial charge < -0.3 is 29.1 Å². The molecule has 0 unspecified atom stereocenters. The van der Waals surface area contributed by atoms with Crippen LogP contribution in [-0.4, -0.2) is 80.7 Å². The molecule has 1 N–H and O–H groups in total. The first-order valence-corrected chi connectivity index (χ1v) is 17.2. The summed E-state index contributed by atoms with van der Waals surface area (Å²) >= 11 is 0. The van der Waals surface area contributed by atoms with Crippen LogP contribution in [0.4, 0.5) is 0 Å². The fraction of sp³-hybridized carbons (Fsp3) is 0.205. The van der Waals surface area contributed by atoms with E-state index in [1.165, 1.54) is 0 Å². The Morgan fingerprint density at radius 2 is 1.09 bits per heavy atom. The van der Waals surface area contributed by atoms with Crippen LogP contribution < -0.4 is 9.47 Å². The Hall–Kier alpha value is -6.35. The molecule has 0 fully saturated rings. The lowest BCUT2D eigenvalue weighted by Gasteiger charge is -2.19. The van der Waals surface area contributed by atoms with Crippen LogP contribution >= 0.6 is 0 Å². The zero-order chi connectivity index (χ0) is 38.1. The molecule has 5 rings (SSSR count). The normalized spacial score (nSPS) is 10.6. The van der Waals surface area contributed by atoms with Crippen molar-refractivity contribution >= 4 is 23.4 Å². The van der Waals surface area contributed by atoms with E-state index in [1.54, 1.807) is 56.2 Å². The van der Waals surface area contributed by atoms with E-state index in [2.05, 4.69) is 0 Å². The first kappa shape index (κ1) is 37.9. The third-order valence-electron chi connectivity index (χ3n) is 8.51. The Labute approximate surface area is 310 Å². The van der Waals surface area contributed by atoms with Crippen LogP contribution in [0.5, 0.6) is 11.5 Å². The highest BCUT2D eigenvalue weighted by molar-refractivity contribution is 5.96. The molecule has 9 nitrogen and oxygen atoms in total. The fourth-order valence-corrected chi connectivity index (χ4v) is 5.85. The number of aryl methyl sites for hydroxylation is 1. The number of nitrogens with zero attached hydrogens (tertiary/aromatic N) is 2. The van der Waals surface area contributed by atoms with Gasteiger partial charge in [0, 0.05) is 44.9 Å². The van der Waals surface area contributed by atoms with Gasteiger partial charge >= 0.3 is 5.97 Å². The van der Waals surface area contributed by atoms with Crippen molar-refractivity contribution in [1.82, 2.24) is 9.80 Å². The minimum atomic E-state index is -1.05. The van der Waals surface area contributed by atoms with Crippen molar-refractivity contribution in [3.8, 4) is 33.8 Å². The monoisotopic (exact) mass is 712 g/mol. The molecule has 0 saturated heterocycles. The van der Waals surface area contributed by atoms with Gasteiger partial charge in [0.2, 0.25) is 0 Å². The Kier molecular flexibility index (Phi) is 12.3. The van der Waals surface area contributed by atoms with Gasteiger partial charge in [-0.05, 0) is 95.3 Å². The highest BCUT2D eigenvalue weighted by atomic mass is 16.5. The first-order chi connectivity index (χ1) is 25.4. The van der Waals surface area contributed by atoms with Crippen LogP contribution in [0.1, 0.15) is 44.3 Å². The van der Waals surface area contributed by atoms with E-state index < -0.39 is 12.6 Å². The molecule has 272 valence electrons. The second-order valence-electron chi connectivity index (χ2n) is 12.8. The van der Waals surface area contributed by atoms with Gasteiger partial charge in [-0.3, -0.25) is 9.59 Å². The molecule has 9 heteroatoms. The summed E-state index contributed by atoms with van der Waals surface area (Å²) in [6.45, 7) is 3.84. The largest absolute Gasteiger partial charge is 0.494 e. The predicted octanol–water partition coefficient (Wildman–Crippen LogP) is 8.07. The quantitative estimate of drug-likeness (QED) is 0.116. The first-order valence-electron chi connectivity index (χ1n) is 17.2. The van der Waals surface area contributed by atoms with Crippen molar-refractivity contribution in [2.45, 2.75) is 13.8 Å². The number of carboxylic acids is 1. The molecular formula is C44H44N2O7. The minimum absolute atomic E-state index is 0.0628. The third-order valence-corrected chi connectivity index (χ3v) is 8.51. The summed E-state index contributed by atoms with van der Waals surface area (Å²) in [7, 11) is 6.95. The summed E-state index contributed by atoms with van der Waals surface area (Å²) in [5, 5.41) is 9.00. The molecule has 5 aromatic rings. The van der Waals surface area contributed by atoms with Crippen molar-refractivity contribution in [1.29, 1.82) is 0 Å². The second kappa shape index (κ2) is 17.2. The molecule has 0 atom stereocenters. The number of carboxylic acid groups (broad SMARTS) is 1. The van der Waals surface area contributed by atoms with Gasteiger partial charge in [-0.1, -0.05) is 72.8 Å². The van der Waals surface area contributed by atoms with Crippen LogP contribution in [-0.2, 0) is 9.53 Å². The number of carbonyl (C=O) groups is 3. The minimum Gasteiger partial charge on any atom is -0.494 e. The van der Waals surface area contributed by atoms with Gasteiger partial charge in [0.1, 0.15) is 23.9 Å². The highest BCUT2D eigenvalue weighted by Crippen LogP contribution is 2.33. The molecule has 53 heavy (non-hydrogen) atoms. The molecule has 0 aliphatic carbocycles. The van der Waals surface area contributed by atoms with Gasteiger partial charge in [0.25, 0.3) is 11.8 Å². The summed E-state index contributed by atoms with van der Waals surface area (Å²) in [5.41, 5.74) is 8.38. The fourth-order valence-electron chi connectivity index (χ4n) is 5.85. The Bertz CT molecular complexity index is 2010. The predicted molar refractivity (Wildman–Crippen MR) is 207 cm³/mol. The molecule has 0 aliphatic heterocycles. The molecule has 0 heterocycles. The highest BCUT2D eigenvalue weighted by Gasteiger charge is 2.17. The maximum Gasteiger partial charge on any atom is 0.341 e. The summed E-state index contributed by atoms with van der Waals surface area (Å²) in [5.74, 6) is 0.486. The number of benzene rings is 5. The van der Waals surface area contributed by atoms with E-state index in [0.717, 1.165) is 44.5 Å². The van der Waals surface area contributed by atoms with Gasteiger partial charge in [-0.2, -0.15) is 0 Å². The maximum atomic E-state index is 12.7. The maximum absolute atomic E-state index is 12.7. The molecule has 0 bridgehead atoms. The van der Waals surface area contributed by atoms with E-state index in [0.29, 0.717) is 35.0 Å². The smallest absolute Gasteiger partial charge is 0.341 e. The lowest BCUT2D eigenvalue weighted by Crippen LogP contribution is -2.21. The van der Waals surface area contributed by atoms with Crippen molar-refractivity contribution in [3.63, 3.8) is 0 Å². The summed E-state index contributed by atoms with van der Waals surface area (Å²) < 4.78 is 18.0. The third kappa shape index (κ3) is 9.51. The summed E-state index contributed by atoms with van der Waals surface area (Å²) in [6, 6.07) is 36.6. The van der Waals surface area contributed by atoms with Crippen molar-refractivity contribution in [2.24, 2.45) is 0 Å². The molecule has 0 aromatic heterocycles. The molecule has 0 radical (unpaired) electrons. The average Bonchev–Trinajstić information content (AvgIpc) is 3.16. The van der Waals surface area contributed by atoms with Crippen LogP contribution in [0.3, 0.4) is 0 Å². The lowest BCUT2D eigenvalue weighted by atomic mass is 9.92. The van der Waals surface area contributed by atoms with Crippen LogP contribution in [0, 0.1) is 6.92 Å². The van der Waals surface area contributed by atoms with E-state index in [4.69, 9.17) is 19.3 Å². The van der Waals surface area contributed by atoms with Gasteiger partial charge in [0.05, 0.1) is 6.61 Å². The molecule has 0 aliphatic rings. The Balaban J connectivity index is 1.53. The number of hydrogen-bond donors (Lipinski definition) is 1. The van der Waals surface area contributed by atoms with Crippen LogP contribution in [0.15, 0.2) is 121 Å². The number of amides is 2. The number of rotatable bonds is 14. The topological polar surface area (TPSA) is 106 Å². The van der Waals surface area contributed by atoms with E-state index >= 15 is 0 Å². The Morgan fingerprint density at radius 1 is 0.585 bits per heavy atom. The Morgan fingerprint density at radius 3 is 1.53 bits per heavy atom. The zero-order valence-electron chi connectivity index (χ0n) is 30.9. The molecule has 0 saturated carbocycles. The van der Waals surface area contributed by atoms with Crippen molar-refractivity contribution < 1.29 is 33.7 Å².